The SMILES string of the molecule is CCCC(=O)CC1CC(C)(C)CC(C)(CNC(=O)CCC)C1. The lowest BCUT2D eigenvalue weighted by atomic mass is 9.60. The van der Waals surface area contributed by atoms with Crippen LogP contribution in [-0.4, -0.2) is 18.2 Å². The van der Waals surface area contributed by atoms with E-state index in [1.54, 1.807) is 0 Å². The van der Waals surface area contributed by atoms with Crippen LogP contribution in [0.15, 0.2) is 0 Å². The molecule has 3 heteroatoms. The van der Waals surface area contributed by atoms with Crippen LogP contribution in [-0.2, 0) is 9.59 Å². The molecule has 2 unspecified atom stereocenters. The number of amides is 1. The van der Waals surface area contributed by atoms with Gasteiger partial charge in [-0.3, -0.25) is 9.59 Å². The van der Waals surface area contributed by atoms with Gasteiger partial charge in [-0.25, -0.2) is 0 Å². The molecule has 0 bridgehead atoms. The fraction of sp³-hybridized carbons (Fsp3) is 0.895. The molecule has 1 aliphatic rings. The number of rotatable bonds is 8. The van der Waals surface area contributed by atoms with Gasteiger partial charge in [-0.2, -0.15) is 0 Å². The lowest BCUT2D eigenvalue weighted by molar-refractivity contribution is -0.123. The van der Waals surface area contributed by atoms with E-state index in [4.69, 9.17) is 0 Å². The molecule has 0 aliphatic heterocycles. The maximum atomic E-state index is 12.0. The average Bonchev–Trinajstić information content (AvgIpc) is 2.34. The molecule has 1 rings (SSSR count). The van der Waals surface area contributed by atoms with E-state index in [0.29, 0.717) is 24.5 Å². The van der Waals surface area contributed by atoms with Gasteiger partial charge >= 0.3 is 0 Å². The van der Waals surface area contributed by atoms with Crippen molar-refractivity contribution in [1.82, 2.24) is 5.32 Å². The van der Waals surface area contributed by atoms with Gasteiger partial charge in [0.25, 0.3) is 0 Å². The van der Waals surface area contributed by atoms with Gasteiger partial charge in [0.1, 0.15) is 5.78 Å². The molecule has 1 aliphatic carbocycles. The first-order valence-corrected chi connectivity index (χ1v) is 8.98. The molecule has 0 aromatic carbocycles. The van der Waals surface area contributed by atoms with Crippen LogP contribution < -0.4 is 5.32 Å². The molecule has 3 nitrogen and oxygen atoms in total. The van der Waals surface area contributed by atoms with Crippen molar-refractivity contribution in [3.63, 3.8) is 0 Å². The zero-order chi connectivity index (χ0) is 16.8. The minimum absolute atomic E-state index is 0.113. The fourth-order valence-electron chi connectivity index (χ4n) is 4.46. The van der Waals surface area contributed by atoms with Crippen molar-refractivity contribution in [3.05, 3.63) is 0 Å². The lowest BCUT2D eigenvalue weighted by Crippen LogP contribution is -2.43. The first-order valence-electron chi connectivity index (χ1n) is 8.98. The summed E-state index contributed by atoms with van der Waals surface area (Å²) in [5, 5.41) is 3.11. The molecule has 0 heterocycles. The van der Waals surface area contributed by atoms with Gasteiger partial charge in [0.15, 0.2) is 0 Å². The van der Waals surface area contributed by atoms with E-state index < -0.39 is 0 Å². The second-order valence-electron chi connectivity index (χ2n) is 8.45. The molecule has 1 saturated carbocycles. The molecule has 1 N–H and O–H groups in total. The fourth-order valence-corrected chi connectivity index (χ4v) is 4.46. The van der Waals surface area contributed by atoms with Crippen molar-refractivity contribution < 1.29 is 9.59 Å². The smallest absolute Gasteiger partial charge is 0.220 e. The van der Waals surface area contributed by atoms with Crippen molar-refractivity contribution >= 4 is 11.7 Å². The monoisotopic (exact) mass is 309 g/mol. The lowest BCUT2D eigenvalue weighted by Gasteiger charge is -2.47. The van der Waals surface area contributed by atoms with Crippen molar-refractivity contribution in [3.8, 4) is 0 Å². The third kappa shape index (κ3) is 6.50. The van der Waals surface area contributed by atoms with E-state index in [2.05, 4.69) is 33.0 Å². The highest BCUT2D eigenvalue weighted by Crippen LogP contribution is 2.49. The zero-order valence-electron chi connectivity index (χ0n) is 15.3. The van der Waals surface area contributed by atoms with E-state index in [9.17, 15) is 9.59 Å². The van der Waals surface area contributed by atoms with Gasteiger partial charge in [-0.05, 0) is 48.9 Å². The Labute approximate surface area is 136 Å². The Morgan fingerprint density at radius 1 is 1.05 bits per heavy atom. The quantitative estimate of drug-likeness (QED) is 0.718. The highest BCUT2D eigenvalue weighted by molar-refractivity contribution is 5.78. The minimum Gasteiger partial charge on any atom is -0.356 e. The number of ketones is 1. The standard InChI is InChI=1S/C19H35NO2/c1-6-8-16(21)10-15-11-18(3,4)13-19(5,12-15)14-20-17(22)9-7-2/h15H,6-14H2,1-5H3,(H,20,22). The molecule has 0 saturated heterocycles. The number of hydrogen-bond acceptors (Lipinski definition) is 2. The predicted molar refractivity (Wildman–Crippen MR) is 91.7 cm³/mol. The van der Waals surface area contributed by atoms with E-state index in [-0.39, 0.29) is 16.7 Å². The highest BCUT2D eigenvalue weighted by atomic mass is 16.1. The third-order valence-electron chi connectivity index (χ3n) is 4.76. The van der Waals surface area contributed by atoms with E-state index >= 15 is 0 Å². The molecule has 128 valence electrons. The maximum absolute atomic E-state index is 12.0. The van der Waals surface area contributed by atoms with Gasteiger partial charge in [0.2, 0.25) is 5.91 Å². The molecule has 1 amide bonds. The molecule has 0 aromatic rings. The van der Waals surface area contributed by atoms with Crippen LogP contribution in [0.1, 0.15) is 86.0 Å². The van der Waals surface area contributed by atoms with Crippen LogP contribution in [0.4, 0.5) is 0 Å². The number of Topliss-reactive ketones (excluding diaryl/α,β-unsaturated/α-hetero) is 1. The Hall–Kier alpha value is -0.860. The number of carbonyl (C=O) groups is 2. The largest absolute Gasteiger partial charge is 0.356 e. The normalized spacial score (nSPS) is 27.4. The van der Waals surface area contributed by atoms with Crippen LogP contribution >= 0.6 is 0 Å². The van der Waals surface area contributed by atoms with Crippen LogP contribution in [0, 0.1) is 16.7 Å². The third-order valence-corrected chi connectivity index (χ3v) is 4.76. The van der Waals surface area contributed by atoms with Crippen molar-refractivity contribution in [2.45, 2.75) is 86.0 Å². The number of nitrogens with one attached hydrogen (secondary N) is 1. The second-order valence-corrected chi connectivity index (χ2v) is 8.45. The summed E-state index contributed by atoms with van der Waals surface area (Å²) in [5.74, 6) is 1.03. The molecule has 0 aromatic heterocycles. The van der Waals surface area contributed by atoms with Crippen LogP contribution in [0.2, 0.25) is 0 Å². The van der Waals surface area contributed by atoms with Gasteiger partial charge in [-0.15, -0.1) is 0 Å². The van der Waals surface area contributed by atoms with Crippen LogP contribution in [0.25, 0.3) is 0 Å². The van der Waals surface area contributed by atoms with Gasteiger partial charge < -0.3 is 5.32 Å². The molecule has 0 radical (unpaired) electrons. The first-order chi connectivity index (χ1) is 10.2. The first kappa shape index (κ1) is 19.2. The Bertz CT molecular complexity index is 389. The summed E-state index contributed by atoms with van der Waals surface area (Å²) in [6, 6.07) is 0. The molecular formula is C19H35NO2. The molecule has 0 spiro atoms. The number of carbonyl (C=O) groups excluding carboxylic acids is 2. The van der Waals surface area contributed by atoms with E-state index in [0.717, 1.165) is 45.1 Å². The van der Waals surface area contributed by atoms with E-state index in [1.165, 1.54) is 0 Å². The predicted octanol–water partition coefficient (Wildman–Crippen LogP) is 4.49. The van der Waals surface area contributed by atoms with Crippen molar-refractivity contribution in [1.29, 1.82) is 0 Å². The summed E-state index contributed by atoms with van der Waals surface area (Å²) >= 11 is 0. The topological polar surface area (TPSA) is 46.2 Å². The Kier molecular flexibility index (Phi) is 7.08. The van der Waals surface area contributed by atoms with Gasteiger partial charge in [0.05, 0.1) is 0 Å². The summed E-state index contributed by atoms with van der Waals surface area (Å²) in [4.78, 5) is 23.8. The van der Waals surface area contributed by atoms with Gasteiger partial charge in [0, 0.05) is 25.8 Å². The van der Waals surface area contributed by atoms with E-state index in [1.807, 2.05) is 6.92 Å². The summed E-state index contributed by atoms with van der Waals surface area (Å²) in [7, 11) is 0. The Balaban J connectivity index is 2.65. The molecule has 1 fully saturated rings. The summed E-state index contributed by atoms with van der Waals surface area (Å²) in [5.41, 5.74) is 0.363. The molecule has 22 heavy (non-hydrogen) atoms. The van der Waals surface area contributed by atoms with Crippen molar-refractivity contribution in [2.75, 3.05) is 6.54 Å². The minimum atomic E-state index is 0.113. The highest BCUT2D eigenvalue weighted by Gasteiger charge is 2.41. The summed E-state index contributed by atoms with van der Waals surface area (Å²) in [6.45, 7) is 11.7. The second kappa shape index (κ2) is 8.12. The Morgan fingerprint density at radius 3 is 2.27 bits per heavy atom. The zero-order valence-corrected chi connectivity index (χ0v) is 15.3. The molecule has 2 atom stereocenters. The van der Waals surface area contributed by atoms with Crippen molar-refractivity contribution in [2.24, 2.45) is 16.7 Å². The number of hydrogen-bond donors (Lipinski definition) is 1. The van der Waals surface area contributed by atoms with Crippen LogP contribution in [0.3, 0.4) is 0 Å². The summed E-state index contributed by atoms with van der Waals surface area (Å²) < 4.78 is 0. The van der Waals surface area contributed by atoms with Crippen LogP contribution in [0.5, 0.6) is 0 Å². The Morgan fingerprint density at radius 2 is 1.68 bits per heavy atom. The molecular weight excluding hydrogens is 274 g/mol. The maximum Gasteiger partial charge on any atom is 0.220 e. The van der Waals surface area contributed by atoms with Gasteiger partial charge in [-0.1, -0.05) is 34.6 Å². The average molecular weight is 309 g/mol. The summed E-state index contributed by atoms with van der Waals surface area (Å²) in [6.07, 6.45) is 7.17.